The number of hydrogen-bond donors (Lipinski definition) is 6. The molecule has 1 aliphatic rings. The van der Waals surface area contributed by atoms with Crippen molar-refractivity contribution in [1.82, 2.24) is 31.1 Å². The molecule has 55 heavy (non-hydrogen) atoms. The summed E-state index contributed by atoms with van der Waals surface area (Å²) in [6.07, 6.45) is 1.14. The highest BCUT2D eigenvalue weighted by atomic mass is 16.4. The number of amides is 6. The molecule has 1 aromatic carbocycles. The van der Waals surface area contributed by atoms with Gasteiger partial charge < -0.3 is 41.3 Å². The lowest BCUT2D eigenvalue weighted by Gasteiger charge is -2.33. The predicted octanol–water partition coefficient (Wildman–Crippen LogP) is 1.71. The van der Waals surface area contributed by atoms with Crippen molar-refractivity contribution >= 4 is 47.4 Å². The monoisotopic (exact) mass is 772 g/mol. The fourth-order valence-corrected chi connectivity index (χ4v) is 6.46. The molecule has 2 rings (SSSR count). The molecule has 6 N–H and O–H groups in total. The van der Waals surface area contributed by atoms with Crippen molar-refractivity contribution in [2.75, 3.05) is 20.1 Å². The number of benzene rings is 1. The van der Waals surface area contributed by atoms with E-state index in [0.29, 0.717) is 25.9 Å². The van der Waals surface area contributed by atoms with Gasteiger partial charge in [0.05, 0.1) is 12.8 Å². The van der Waals surface area contributed by atoms with Crippen LogP contribution in [-0.2, 0) is 44.8 Å². The van der Waals surface area contributed by atoms with E-state index in [9.17, 15) is 48.6 Å². The molecule has 1 aromatic rings. The van der Waals surface area contributed by atoms with Gasteiger partial charge >= 0.3 is 11.9 Å². The summed E-state index contributed by atoms with van der Waals surface area (Å²) in [5.41, 5.74) is 0.968. The van der Waals surface area contributed by atoms with Crippen molar-refractivity contribution in [2.45, 2.75) is 123 Å². The van der Waals surface area contributed by atoms with Crippen molar-refractivity contribution in [1.29, 1.82) is 0 Å². The van der Waals surface area contributed by atoms with Crippen molar-refractivity contribution in [3.8, 4) is 0 Å². The number of carboxylic acid groups (broad SMARTS) is 2. The number of carboxylic acids is 2. The standard InChI is InChI=1S/C39H60N6O10/c1-8-25(6)33(43-38(53)34(24(4)5)44(7)30(46)17-16-26-14-10-9-11-15-26)37(52)41-27(21-31(47)45-18-12-13-19-45)35(50)40-28(22-32(48)49)36(51)42-29(39(54)55)20-23(2)3/h9-11,14-15,23-25,27-29,33-34H,8,12-13,16-22H2,1-7H3,(H,40,50)(H,41,52)(H,42,51)(H,43,53)(H,48,49)(H,54,55)/t25-,27?,28-,29-,33-,34-/m0/s1. The average Bonchev–Trinajstić information content (AvgIpc) is 3.67. The molecule has 1 heterocycles. The number of hydrogen-bond acceptors (Lipinski definition) is 8. The number of likely N-dealkylation sites (tertiary alicyclic amines) is 1. The number of carbonyl (C=O) groups excluding carboxylic acids is 6. The Bertz CT molecular complexity index is 1500. The topological polar surface area (TPSA) is 232 Å². The number of nitrogens with one attached hydrogen (secondary N) is 4. The Morgan fingerprint density at radius 1 is 0.745 bits per heavy atom. The second kappa shape index (κ2) is 22.4. The molecule has 0 bridgehead atoms. The van der Waals surface area contributed by atoms with Gasteiger partial charge in [-0.15, -0.1) is 0 Å². The van der Waals surface area contributed by atoms with Crippen LogP contribution in [-0.4, -0.2) is 118 Å². The number of aliphatic carboxylic acids is 2. The van der Waals surface area contributed by atoms with E-state index in [1.807, 2.05) is 30.3 Å². The third-order valence-corrected chi connectivity index (χ3v) is 9.78. The minimum Gasteiger partial charge on any atom is -0.481 e. The third kappa shape index (κ3) is 15.0. The Kier molecular flexibility index (Phi) is 18.8. The van der Waals surface area contributed by atoms with Crippen LogP contribution in [0.3, 0.4) is 0 Å². The molecule has 0 aliphatic carbocycles. The van der Waals surface area contributed by atoms with Gasteiger partial charge in [0.1, 0.15) is 30.2 Å². The van der Waals surface area contributed by atoms with E-state index in [1.54, 1.807) is 41.5 Å². The Morgan fingerprint density at radius 3 is 1.80 bits per heavy atom. The van der Waals surface area contributed by atoms with Gasteiger partial charge in [-0.25, -0.2) is 4.79 Å². The van der Waals surface area contributed by atoms with Crippen LogP contribution in [0.2, 0.25) is 0 Å². The van der Waals surface area contributed by atoms with Crippen molar-refractivity contribution < 1.29 is 48.6 Å². The lowest BCUT2D eigenvalue weighted by atomic mass is 9.95. The Morgan fingerprint density at radius 2 is 1.29 bits per heavy atom. The van der Waals surface area contributed by atoms with Gasteiger partial charge in [-0.05, 0) is 49.0 Å². The first kappa shape index (κ1) is 46.1. The molecule has 6 amide bonds. The Hall–Kier alpha value is -5.02. The summed E-state index contributed by atoms with van der Waals surface area (Å²) >= 11 is 0. The van der Waals surface area contributed by atoms with E-state index in [2.05, 4.69) is 21.3 Å². The van der Waals surface area contributed by atoms with Gasteiger partial charge in [0.2, 0.25) is 35.4 Å². The van der Waals surface area contributed by atoms with Gasteiger partial charge in [-0.2, -0.15) is 0 Å². The first-order chi connectivity index (χ1) is 25.9. The van der Waals surface area contributed by atoms with Gasteiger partial charge in [0.15, 0.2) is 0 Å². The van der Waals surface area contributed by atoms with Gasteiger partial charge in [0.25, 0.3) is 0 Å². The maximum atomic E-state index is 14.0. The maximum Gasteiger partial charge on any atom is 0.326 e. The lowest BCUT2D eigenvalue weighted by molar-refractivity contribution is -0.144. The molecule has 16 heteroatoms. The minimum absolute atomic E-state index is 0.0376. The van der Waals surface area contributed by atoms with E-state index in [4.69, 9.17) is 0 Å². The van der Waals surface area contributed by atoms with Gasteiger partial charge in [0, 0.05) is 26.6 Å². The molecule has 16 nitrogen and oxygen atoms in total. The summed E-state index contributed by atoms with van der Waals surface area (Å²) in [5, 5.41) is 29.1. The molecule has 6 atom stereocenters. The Labute approximate surface area is 323 Å². The summed E-state index contributed by atoms with van der Waals surface area (Å²) in [7, 11) is 1.53. The molecular formula is C39H60N6O10. The molecule has 306 valence electrons. The zero-order chi connectivity index (χ0) is 41.4. The molecular weight excluding hydrogens is 712 g/mol. The van der Waals surface area contributed by atoms with Crippen molar-refractivity contribution in [3.63, 3.8) is 0 Å². The quantitative estimate of drug-likeness (QED) is 0.0999. The first-order valence-electron chi connectivity index (χ1n) is 19.1. The summed E-state index contributed by atoms with van der Waals surface area (Å²) in [6, 6.07) is 2.59. The smallest absolute Gasteiger partial charge is 0.326 e. The maximum absolute atomic E-state index is 14.0. The molecule has 0 radical (unpaired) electrons. The van der Waals surface area contributed by atoms with Crippen LogP contribution in [0.25, 0.3) is 0 Å². The van der Waals surface area contributed by atoms with Crippen molar-refractivity contribution in [3.05, 3.63) is 35.9 Å². The number of rotatable bonds is 22. The summed E-state index contributed by atoms with van der Waals surface area (Å²) in [4.78, 5) is 108. The van der Waals surface area contributed by atoms with E-state index >= 15 is 0 Å². The van der Waals surface area contributed by atoms with E-state index in [-0.39, 0.29) is 30.6 Å². The SMILES string of the molecule is CC[C@H](C)[C@H](NC(=O)[C@H](C(C)C)N(C)C(=O)CCc1ccccc1)C(=O)NC(CC(=O)N1CCCC1)C(=O)N[C@@H](CC(=O)O)C(=O)N[C@@H](CC(C)C)C(=O)O. The van der Waals surface area contributed by atoms with E-state index < -0.39 is 90.4 Å². The average molecular weight is 773 g/mol. The summed E-state index contributed by atoms with van der Waals surface area (Å²) in [5.74, 6) is -8.00. The minimum atomic E-state index is -1.74. The second-order valence-corrected chi connectivity index (χ2v) is 15.1. The molecule has 1 fully saturated rings. The Balaban J connectivity index is 2.35. The number of nitrogens with zero attached hydrogens (tertiary/aromatic N) is 2. The van der Waals surface area contributed by atoms with E-state index in [1.165, 1.54) is 16.8 Å². The molecule has 1 aliphatic heterocycles. The van der Waals surface area contributed by atoms with Crippen molar-refractivity contribution in [2.24, 2.45) is 17.8 Å². The predicted molar refractivity (Wildman–Crippen MR) is 203 cm³/mol. The van der Waals surface area contributed by atoms with Crippen LogP contribution < -0.4 is 21.3 Å². The fourth-order valence-electron chi connectivity index (χ4n) is 6.46. The van der Waals surface area contributed by atoms with Crippen LogP contribution >= 0.6 is 0 Å². The summed E-state index contributed by atoms with van der Waals surface area (Å²) < 4.78 is 0. The number of carbonyl (C=O) groups is 8. The molecule has 0 spiro atoms. The van der Waals surface area contributed by atoms with Crippen LogP contribution in [0.4, 0.5) is 0 Å². The molecule has 1 unspecified atom stereocenters. The summed E-state index contributed by atoms with van der Waals surface area (Å²) in [6.45, 7) is 11.4. The largest absolute Gasteiger partial charge is 0.481 e. The fraction of sp³-hybridized carbons (Fsp3) is 0.641. The van der Waals surface area contributed by atoms with Crippen LogP contribution in [0.1, 0.15) is 92.1 Å². The highest BCUT2D eigenvalue weighted by Gasteiger charge is 2.38. The number of likely N-dealkylation sites (N-methyl/N-ethyl adjacent to an activating group) is 1. The molecule has 0 aromatic heterocycles. The molecule has 0 saturated carbocycles. The van der Waals surface area contributed by atoms with E-state index in [0.717, 1.165) is 18.4 Å². The highest BCUT2D eigenvalue weighted by molar-refractivity contribution is 5.98. The lowest BCUT2D eigenvalue weighted by Crippen LogP contribution is -2.61. The second-order valence-electron chi connectivity index (χ2n) is 15.1. The zero-order valence-corrected chi connectivity index (χ0v) is 33.1. The molecule has 1 saturated heterocycles. The van der Waals surface area contributed by atoms with Gasteiger partial charge in [-0.1, -0.05) is 78.3 Å². The van der Waals surface area contributed by atoms with Crippen LogP contribution in [0, 0.1) is 17.8 Å². The van der Waals surface area contributed by atoms with Gasteiger partial charge in [-0.3, -0.25) is 33.6 Å². The number of aryl methyl sites for hydroxylation is 1. The zero-order valence-electron chi connectivity index (χ0n) is 33.1. The highest BCUT2D eigenvalue weighted by Crippen LogP contribution is 2.17. The first-order valence-corrected chi connectivity index (χ1v) is 19.1. The normalized spacial score (nSPS) is 15.9. The third-order valence-electron chi connectivity index (χ3n) is 9.78. The van der Waals surface area contributed by atoms with Crippen LogP contribution in [0.5, 0.6) is 0 Å². The van der Waals surface area contributed by atoms with Crippen LogP contribution in [0.15, 0.2) is 30.3 Å².